The van der Waals surface area contributed by atoms with Gasteiger partial charge in [-0.05, 0) is 38.5 Å². The smallest absolute Gasteiger partial charge is 0.312 e. The molecule has 0 aromatic carbocycles. The molecule has 0 unspecified atom stereocenters. The summed E-state index contributed by atoms with van der Waals surface area (Å²) in [7, 11) is 0. The molecule has 80 valence electrons. The molecule has 2 rings (SSSR count). The molecule has 0 aliphatic heterocycles. The van der Waals surface area contributed by atoms with E-state index in [1.54, 1.807) is 0 Å². The highest BCUT2D eigenvalue weighted by atomic mass is 16.5. The summed E-state index contributed by atoms with van der Waals surface area (Å²) in [6.45, 7) is 4.50. The van der Waals surface area contributed by atoms with E-state index < -0.39 is 0 Å². The van der Waals surface area contributed by atoms with Gasteiger partial charge < -0.3 is 4.74 Å². The maximum absolute atomic E-state index is 11.8. The third-order valence-corrected chi connectivity index (χ3v) is 4.27. The van der Waals surface area contributed by atoms with Crippen molar-refractivity contribution in [3.05, 3.63) is 0 Å². The summed E-state index contributed by atoms with van der Waals surface area (Å²) in [4.78, 5) is 11.8. The fourth-order valence-electron chi connectivity index (χ4n) is 3.17. The van der Waals surface area contributed by atoms with E-state index in [-0.39, 0.29) is 11.4 Å². The van der Waals surface area contributed by atoms with Gasteiger partial charge in [-0.2, -0.15) is 0 Å². The molecule has 0 N–H and O–H groups in total. The molecule has 0 bridgehead atoms. The zero-order chi connectivity index (χ0) is 10.2. The molecule has 2 nitrogen and oxygen atoms in total. The number of rotatable bonds is 2. The molecule has 0 aromatic rings. The van der Waals surface area contributed by atoms with E-state index >= 15 is 0 Å². The van der Waals surface area contributed by atoms with E-state index in [1.807, 2.05) is 6.92 Å². The first-order valence-electron chi connectivity index (χ1n) is 5.82. The van der Waals surface area contributed by atoms with E-state index in [1.165, 1.54) is 32.1 Å². The van der Waals surface area contributed by atoms with E-state index in [4.69, 9.17) is 4.74 Å². The van der Waals surface area contributed by atoms with Gasteiger partial charge >= 0.3 is 5.97 Å². The summed E-state index contributed by atoms with van der Waals surface area (Å²) in [5, 5.41) is 0. The Balaban J connectivity index is 2.02. The Morgan fingerprint density at radius 2 is 1.93 bits per heavy atom. The summed E-state index contributed by atoms with van der Waals surface area (Å²) in [6, 6.07) is 0. The normalized spacial score (nSPS) is 34.1. The van der Waals surface area contributed by atoms with Crippen LogP contribution in [0.1, 0.15) is 52.4 Å². The monoisotopic (exact) mass is 196 g/mol. The molecule has 0 amide bonds. The second-order valence-corrected chi connectivity index (χ2v) is 5.07. The molecule has 0 saturated heterocycles. The van der Waals surface area contributed by atoms with Crippen molar-refractivity contribution in [1.82, 2.24) is 0 Å². The minimum atomic E-state index is -0.135. The van der Waals surface area contributed by atoms with E-state index in [0.29, 0.717) is 12.0 Å². The Labute approximate surface area is 86.0 Å². The maximum Gasteiger partial charge on any atom is 0.312 e. The van der Waals surface area contributed by atoms with Crippen molar-refractivity contribution in [3.8, 4) is 0 Å². The first-order valence-corrected chi connectivity index (χ1v) is 5.82. The van der Waals surface area contributed by atoms with Crippen molar-refractivity contribution in [2.24, 2.45) is 10.8 Å². The number of carbonyl (C=O) groups is 1. The molecule has 14 heavy (non-hydrogen) atoms. The molecule has 0 radical (unpaired) electrons. The van der Waals surface area contributed by atoms with Crippen LogP contribution in [-0.2, 0) is 9.53 Å². The minimum absolute atomic E-state index is 0.0434. The molecule has 0 aromatic heterocycles. The Kier molecular flexibility index (Phi) is 2.32. The average Bonchev–Trinajstić information content (AvgIpc) is 2.74. The summed E-state index contributed by atoms with van der Waals surface area (Å²) in [6.07, 6.45) is 7.49. The topological polar surface area (TPSA) is 26.3 Å². The summed E-state index contributed by atoms with van der Waals surface area (Å²) in [5.41, 5.74) is 0.195. The molecule has 2 fully saturated rings. The van der Waals surface area contributed by atoms with Crippen LogP contribution in [0.15, 0.2) is 0 Å². The van der Waals surface area contributed by atoms with E-state index in [0.717, 1.165) is 6.42 Å². The third-order valence-electron chi connectivity index (χ3n) is 4.27. The predicted molar refractivity (Wildman–Crippen MR) is 54.9 cm³/mol. The number of esters is 1. The molecule has 2 aliphatic rings. The van der Waals surface area contributed by atoms with Crippen LogP contribution in [-0.4, -0.2) is 12.6 Å². The quantitative estimate of drug-likeness (QED) is 0.635. The van der Waals surface area contributed by atoms with Gasteiger partial charge in [-0.25, -0.2) is 0 Å². The molecular formula is C12H20O2. The maximum atomic E-state index is 11.8. The van der Waals surface area contributed by atoms with Crippen LogP contribution in [0.4, 0.5) is 0 Å². The van der Waals surface area contributed by atoms with Gasteiger partial charge in [-0.15, -0.1) is 0 Å². The minimum Gasteiger partial charge on any atom is -0.466 e. The van der Waals surface area contributed by atoms with Crippen LogP contribution in [0.5, 0.6) is 0 Å². The fraction of sp³-hybridized carbons (Fsp3) is 0.917. The Hall–Kier alpha value is -0.530. The average molecular weight is 196 g/mol. The molecule has 0 heterocycles. The zero-order valence-corrected chi connectivity index (χ0v) is 9.27. The number of hydrogen-bond donors (Lipinski definition) is 0. The first kappa shape index (κ1) is 10.0. The highest BCUT2D eigenvalue weighted by Crippen LogP contribution is 2.70. The van der Waals surface area contributed by atoms with E-state index in [2.05, 4.69) is 6.92 Å². The van der Waals surface area contributed by atoms with Gasteiger partial charge in [0.05, 0.1) is 12.0 Å². The Morgan fingerprint density at radius 1 is 1.29 bits per heavy atom. The fourth-order valence-corrected chi connectivity index (χ4v) is 3.17. The van der Waals surface area contributed by atoms with Crippen LogP contribution in [0.3, 0.4) is 0 Å². The lowest BCUT2D eigenvalue weighted by molar-refractivity contribution is -0.150. The van der Waals surface area contributed by atoms with Crippen LogP contribution in [0, 0.1) is 10.8 Å². The molecule has 1 spiro atoms. The Morgan fingerprint density at radius 3 is 2.50 bits per heavy atom. The largest absolute Gasteiger partial charge is 0.466 e. The highest BCUT2D eigenvalue weighted by molar-refractivity contribution is 5.81. The van der Waals surface area contributed by atoms with Gasteiger partial charge in [0.15, 0.2) is 0 Å². The van der Waals surface area contributed by atoms with Crippen molar-refractivity contribution in [2.75, 3.05) is 6.61 Å². The Bertz CT molecular complexity index is 241. The van der Waals surface area contributed by atoms with Crippen molar-refractivity contribution in [3.63, 3.8) is 0 Å². The molecule has 2 aliphatic carbocycles. The van der Waals surface area contributed by atoms with Crippen LogP contribution >= 0.6 is 0 Å². The standard InChI is InChI=1S/C12H20O2/c1-3-14-10(13)11(2)9-12(11)7-5-4-6-8-12/h3-9H2,1-2H3/t11-/m0/s1. The second-order valence-electron chi connectivity index (χ2n) is 5.07. The van der Waals surface area contributed by atoms with E-state index in [9.17, 15) is 4.79 Å². The van der Waals surface area contributed by atoms with Gasteiger partial charge in [0, 0.05) is 0 Å². The molecular weight excluding hydrogens is 176 g/mol. The third kappa shape index (κ3) is 1.27. The molecule has 2 saturated carbocycles. The number of carbonyl (C=O) groups excluding carboxylic acids is 1. The SMILES string of the molecule is CCOC(=O)[C@]1(C)CC12CCCCC2. The van der Waals surface area contributed by atoms with Gasteiger partial charge in [0.2, 0.25) is 0 Å². The van der Waals surface area contributed by atoms with Gasteiger partial charge in [-0.1, -0.05) is 19.3 Å². The van der Waals surface area contributed by atoms with Gasteiger partial charge in [-0.3, -0.25) is 4.79 Å². The van der Waals surface area contributed by atoms with Crippen LogP contribution in [0.2, 0.25) is 0 Å². The number of ether oxygens (including phenoxy) is 1. The lowest BCUT2D eigenvalue weighted by atomic mass is 9.80. The van der Waals surface area contributed by atoms with Gasteiger partial charge in [0.25, 0.3) is 0 Å². The lowest BCUT2D eigenvalue weighted by Gasteiger charge is -2.25. The van der Waals surface area contributed by atoms with Crippen LogP contribution in [0.25, 0.3) is 0 Å². The summed E-state index contributed by atoms with van der Waals surface area (Å²) in [5.74, 6) is 0.0434. The molecule has 2 heteroatoms. The first-order chi connectivity index (χ1) is 6.65. The van der Waals surface area contributed by atoms with Crippen molar-refractivity contribution < 1.29 is 9.53 Å². The van der Waals surface area contributed by atoms with Crippen molar-refractivity contribution in [1.29, 1.82) is 0 Å². The zero-order valence-electron chi connectivity index (χ0n) is 9.27. The highest BCUT2D eigenvalue weighted by Gasteiger charge is 2.68. The van der Waals surface area contributed by atoms with Crippen molar-refractivity contribution in [2.45, 2.75) is 52.4 Å². The summed E-state index contributed by atoms with van der Waals surface area (Å²) < 4.78 is 5.16. The van der Waals surface area contributed by atoms with Gasteiger partial charge in [0.1, 0.15) is 0 Å². The van der Waals surface area contributed by atoms with Crippen LogP contribution < -0.4 is 0 Å². The second kappa shape index (κ2) is 3.25. The predicted octanol–water partition coefficient (Wildman–Crippen LogP) is 2.91. The van der Waals surface area contributed by atoms with Crippen molar-refractivity contribution >= 4 is 5.97 Å². The summed E-state index contributed by atoms with van der Waals surface area (Å²) >= 11 is 0. The lowest BCUT2D eigenvalue weighted by Crippen LogP contribution is -2.25. The number of hydrogen-bond acceptors (Lipinski definition) is 2. The molecule has 1 atom stereocenters.